The predicted molar refractivity (Wildman–Crippen MR) is 68.4 cm³/mol. The van der Waals surface area contributed by atoms with Gasteiger partial charge in [0.05, 0.1) is 5.41 Å². The van der Waals surface area contributed by atoms with Crippen LogP contribution in [0, 0.1) is 10.8 Å². The van der Waals surface area contributed by atoms with Crippen molar-refractivity contribution in [3.8, 4) is 0 Å². The lowest BCUT2D eigenvalue weighted by atomic mass is 9.73. The number of carbonyl (C=O) groups excluding carboxylic acids is 1. The van der Waals surface area contributed by atoms with Crippen LogP contribution in [0.25, 0.3) is 0 Å². The number of carbonyl (C=O) groups is 1. The van der Waals surface area contributed by atoms with E-state index in [1.807, 2.05) is 13.8 Å². The van der Waals surface area contributed by atoms with Gasteiger partial charge in [0.2, 0.25) is 5.91 Å². The van der Waals surface area contributed by atoms with Crippen molar-refractivity contribution < 1.29 is 9.90 Å². The van der Waals surface area contributed by atoms with Gasteiger partial charge in [-0.1, -0.05) is 33.1 Å². The molecule has 1 saturated carbocycles. The maximum atomic E-state index is 12.2. The third-order valence-corrected chi connectivity index (χ3v) is 3.84. The molecule has 17 heavy (non-hydrogen) atoms. The fourth-order valence-electron chi connectivity index (χ4n) is 2.32. The molecule has 1 aliphatic carbocycles. The van der Waals surface area contributed by atoms with E-state index in [1.165, 1.54) is 6.42 Å². The van der Waals surface area contributed by atoms with E-state index in [2.05, 4.69) is 5.32 Å². The van der Waals surface area contributed by atoms with E-state index < -0.39 is 0 Å². The number of aliphatic hydroxyl groups excluding tert-OH is 1. The van der Waals surface area contributed by atoms with Crippen LogP contribution in [0.3, 0.4) is 0 Å². The SMILES string of the molecule is CC(C)(CO)CNC(=O)C1(CN)CCCCC1. The standard InChI is InChI=1S/C13H26N2O2/c1-12(2,10-16)9-15-11(17)13(8-14)6-4-3-5-7-13/h16H,3-10,14H2,1-2H3,(H,15,17). The maximum absolute atomic E-state index is 12.2. The van der Waals surface area contributed by atoms with Gasteiger partial charge >= 0.3 is 0 Å². The van der Waals surface area contributed by atoms with Gasteiger partial charge in [-0.05, 0) is 12.8 Å². The van der Waals surface area contributed by atoms with Gasteiger partial charge < -0.3 is 16.2 Å². The molecule has 0 aromatic carbocycles. The molecule has 4 nitrogen and oxygen atoms in total. The van der Waals surface area contributed by atoms with Gasteiger partial charge in [0.1, 0.15) is 0 Å². The fraction of sp³-hybridized carbons (Fsp3) is 0.923. The average Bonchev–Trinajstić information content (AvgIpc) is 2.37. The van der Waals surface area contributed by atoms with Crippen LogP contribution in [-0.2, 0) is 4.79 Å². The Morgan fingerprint density at radius 1 is 1.35 bits per heavy atom. The van der Waals surface area contributed by atoms with Gasteiger partial charge in [-0.3, -0.25) is 4.79 Å². The van der Waals surface area contributed by atoms with Crippen molar-refractivity contribution in [3.63, 3.8) is 0 Å². The van der Waals surface area contributed by atoms with Crippen LogP contribution < -0.4 is 11.1 Å². The minimum absolute atomic E-state index is 0.0706. The summed E-state index contributed by atoms with van der Waals surface area (Å²) >= 11 is 0. The monoisotopic (exact) mass is 242 g/mol. The van der Waals surface area contributed by atoms with Crippen molar-refractivity contribution >= 4 is 5.91 Å². The Labute approximate surface area is 104 Å². The van der Waals surface area contributed by atoms with E-state index in [-0.39, 0.29) is 23.3 Å². The fourth-order valence-corrected chi connectivity index (χ4v) is 2.32. The minimum atomic E-state index is -0.357. The number of aliphatic hydroxyl groups is 1. The molecule has 0 saturated heterocycles. The second-order valence-corrected chi connectivity index (χ2v) is 6.05. The van der Waals surface area contributed by atoms with Gasteiger partial charge in [-0.25, -0.2) is 0 Å². The Balaban J connectivity index is 2.55. The van der Waals surface area contributed by atoms with Crippen LogP contribution in [0.1, 0.15) is 46.0 Å². The third-order valence-electron chi connectivity index (χ3n) is 3.84. The zero-order valence-electron chi connectivity index (χ0n) is 11.1. The van der Waals surface area contributed by atoms with Crippen LogP contribution in [0.5, 0.6) is 0 Å². The molecule has 0 spiro atoms. The zero-order chi connectivity index (χ0) is 12.9. The highest BCUT2D eigenvalue weighted by molar-refractivity contribution is 5.83. The molecular formula is C13H26N2O2. The van der Waals surface area contributed by atoms with Crippen molar-refractivity contribution in [3.05, 3.63) is 0 Å². The summed E-state index contributed by atoms with van der Waals surface area (Å²) < 4.78 is 0. The first-order chi connectivity index (χ1) is 7.96. The Morgan fingerprint density at radius 2 is 1.94 bits per heavy atom. The number of hydrogen-bond donors (Lipinski definition) is 3. The molecule has 0 bridgehead atoms. The number of nitrogens with one attached hydrogen (secondary N) is 1. The summed E-state index contributed by atoms with van der Waals surface area (Å²) in [5, 5.41) is 12.1. The van der Waals surface area contributed by atoms with Gasteiger partial charge in [0.15, 0.2) is 0 Å². The van der Waals surface area contributed by atoms with E-state index >= 15 is 0 Å². The molecule has 4 N–H and O–H groups in total. The minimum Gasteiger partial charge on any atom is -0.396 e. The first kappa shape index (κ1) is 14.5. The summed E-state index contributed by atoms with van der Waals surface area (Å²) in [7, 11) is 0. The maximum Gasteiger partial charge on any atom is 0.227 e. The third kappa shape index (κ3) is 3.68. The normalized spacial score (nSPS) is 20.0. The molecule has 1 aliphatic rings. The van der Waals surface area contributed by atoms with E-state index in [4.69, 9.17) is 10.8 Å². The Hall–Kier alpha value is -0.610. The molecule has 100 valence electrons. The van der Waals surface area contributed by atoms with Crippen LogP contribution >= 0.6 is 0 Å². The molecule has 0 aliphatic heterocycles. The highest BCUT2D eigenvalue weighted by Gasteiger charge is 2.38. The lowest BCUT2D eigenvalue weighted by molar-refractivity contribution is -0.133. The summed E-state index contributed by atoms with van der Waals surface area (Å²) in [6.45, 7) is 4.87. The molecule has 0 heterocycles. The Bertz CT molecular complexity index is 258. The summed E-state index contributed by atoms with van der Waals surface area (Å²) in [5.74, 6) is 0.0706. The summed E-state index contributed by atoms with van der Waals surface area (Å²) in [6.07, 6.45) is 5.18. The van der Waals surface area contributed by atoms with Crippen molar-refractivity contribution in [1.29, 1.82) is 0 Å². The molecular weight excluding hydrogens is 216 g/mol. The Morgan fingerprint density at radius 3 is 2.41 bits per heavy atom. The first-order valence-electron chi connectivity index (χ1n) is 6.55. The van der Waals surface area contributed by atoms with E-state index in [0.717, 1.165) is 25.7 Å². The lowest BCUT2D eigenvalue weighted by Crippen LogP contribution is -2.49. The molecule has 1 fully saturated rings. The number of hydrogen-bond acceptors (Lipinski definition) is 3. The predicted octanol–water partition coefficient (Wildman–Crippen LogP) is 1.03. The van der Waals surface area contributed by atoms with Crippen molar-refractivity contribution in [2.24, 2.45) is 16.6 Å². The molecule has 4 heteroatoms. The van der Waals surface area contributed by atoms with E-state index in [1.54, 1.807) is 0 Å². The van der Waals surface area contributed by atoms with Gasteiger partial charge in [0.25, 0.3) is 0 Å². The van der Waals surface area contributed by atoms with Crippen LogP contribution in [0.15, 0.2) is 0 Å². The first-order valence-corrected chi connectivity index (χ1v) is 6.55. The lowest BCUT2D eigenvalue weighted by Gasteiger charge is -2.35. The smallest absolute Gasteiger partial charge is 0.227 e. The quantitative estimate of drug-likeness (QED) is 0.674. The average molecular weight is 242 g/mol. The summed E-state index contributed by atoms with van der Waals surface area (Å²) in [5.41, 5.74) is 5.18. The van der Waals surface area contributed by atoms with E-state index in [0.29, 0.717) is 13.1 Å². The summed E-state index contributed by atoms with van der Waals surface area (Å²) in [4.78, 5) is 12.2. The molecule has 0 unspecified atom stereocenters. The van der Waals surface area contributed by atoms with Crippen molar-refractivity contribution in [1.82, 2.24) is 5.32 Å². The molecule has 0 aromatic heterocycles. The van der Waals surface area contributed by atoms with Crippen LogP contribution in [-0.4, -0.2) is 30.7 Å². The number of amides is 1. The van der Waals surface area contributed by atoms with E-state index in [9.17, 15) is 4.79 Å². The molecule has 1 amide bonds. The van der Waals surface area contributed by atoms with Crippen molar-refractivity contribution in [2.75, 3.05) is 19.7 Å². The Kier molecular flexibility index (Phi) is 4.95. The van der Waals surface area contributed by atoms with Crippen LogP contribution in [0.4, 0.5) is 0 Å². The van der Waals surface area contributed by atoms with Gasteiger partial charge in [0, 0.05) is 25.1 Å². The number of rotatable bonds is 5. The highest BCUT2D eigenvalue weighted by Crippen LogP contribution is 2.35. The zero-order valence-corrected chi connectivity index (χ0v) is 11.1. The number of nitrogens with two attached hydrogens (primary N) is 1. The molecule has 0 aromatic rings. The van der Waals surface area contributed by atoms with Gasteiger partial charge in [-0.15, -0.1) is 0 Å². The topological polar surface area (TPSA) is 75.3 Å². The van der Waals surface area contributed by atoms with Crippen molar-refractivity contribution in [2.45, 2.75) is 46.0 Å². The van der Waals surface area contributed by atoms with Crippen LogP contribution in [0.2, 0.25) is 0 Å². The molecule has 0 atom stereocenters. The molecule has 1 rings (SSSR count). The van der Waals surface area contributed by atoms with Gasteiger partial charge in [-0.2, -0.15) is 0 Å². The molecule has 0 radical (unpaired) electrons. The highest BCUT2D eigenvalue weighted by atomic mass is 16.3. The largest absolute Gasteiger partial charge is 0.396 e. The second-order valence-electron chi connectivity index (χ2n) is 6.05. The second kappa shape index (κ2) is 5.83. The summed E-state index contributed by atoms with van der Waals surface area (Å²) in [6, 6.07) is 0.